The second-order valence-electron chi connectivity index (χ2n) is 2.67. The van der Waals surface area contributed by atoms with Crippen molar-refractivity contribution < 1.29 is 0 Å². The second kappa shape index (κ2) is 5.63. The van der Waals surface area contributed by atoms with Crippen LogP contribution in [0.4, 0.5) is 5.82 Å². The SMILES string of the molecule is CC.CC(C)Nc1ccn(C)n1. The molecule has 1 aromatic heterocycles. The van der Waals surface area contributed by atoms with Crippen molar-refractivity contribution in [2.75, 3.05) is 5.32 Å². The molecule has 1 aromatic rings. The van der Waals surface area contributed by atoms with E-state index in [-0.39, 0.29) is 0 Å². The van der Waals surface area contributed by atoms with Crippen LogP contribution in [0.25, 0.3) is 0 Å². The molecule has 0 radical (unpaired) electrons. The number of hydrogen-bond donors (Lipinski definition) is 1. The summed E-state index contributed by atoms with van der Waals surface area (Å²) < 4.78 is 1.78. The van der Waals surface area contributed by atoms with Gasteiger partial charge >= 0.3 is 0 Å². The summed E-state index contributed by atoms with van der Waals surface area (Å²) >= 11 is 0. The molecule has 0 aliphatic heterocycles. The van der Waals surface area contributed by atoms with E-state index in [0.717, 1.165) is 5.82 Å². The molecule has 0 fully saturated rings. The molecule has 1 heterocycles. The van der Waals surface area contributed by atoms with Crippen LogP contribution in [0.5, 0.6) is 0 Å². The topological polar surface area (TPSA) is 29.9 Å². The van der Waals surface area contributed by atoms with Crippen LogP contribution in [0.1, 0.15) is 27.7 Å². The summed E-state index contributed by atoms with van der Waals surface area (Å²) in [6, 6.07) is 2.41. The van der Waals surface area contributed by atoms with Crippen LogP contribution in [0.15, 0.2) is 12.3 Å². The van der Waals surface area contributed by atoms with Crippen LogP contribution in [0.2, 0.25) is 0 Å². The van der Waals surface area contributed by atoms with Gasteiger partial charge in [-0.15, -0.1) is 0 Å². The molecular weight excluding hydrogens is 150 g/mol. The van der Waals surface area contributed by atoms with Crippen molar-refractivity contribution >= 4 is 5.82 Å². The molecule has 1 N–H and O–H groups in total. The molecule has 3 nitrogen and oxygen atoms in total. The van der Waals surface area contributed by atoms with Crippen molar-refractivity contribution in [2.45, 2.75) is 33.7 Å². The third-order valence-electron chi connectivity index (χ3n) is 1.15. The minimum atomic E-state index is 0.454. The van der Waals surface area contributed by atoms with Crippen LogP contribution >= 0.6 is 0 Å². The molecule has 70 valence electrons. The van der Waals surface area contributed by atoms with E-state index in [9.17, 15) is 0 Å². The van der Waals surface area contributed by atoms with E-state index in [1.807, 2.05) is 33.2 Å². The first kappa shape index (κ1) is 11.0. The Kier molecular flexibility index (Phi) is 5.17. The van der Waals surface area contributed by atoms with E-state index < -0.39 is 0 Å². The predicted octanol–water partition coefficient (Wildman–Crippen LogP) is 2.27. The first-order valence-corrected chi connectivity index (χ1v) is 4.44. The van der Waals surface area contributed by atoms with Crippen LogP contribution < -0.4 is 5.32 Å². The summed E-state index contributed by atoms with van der Waals surface area (Å²) in [6.07, 6.45) is 1.92. The molecule has 0 saturated carbocycles. The number of hydrogen-bond acceptors (Lipinski definition) is 2. The summed E-state index contributed by atoms with van der Waals surface area (Å²) in [4.78, 5) is 0. The fourth-order valence-corrected chi connectivity index (χ4v) is 0.788. The third kappa shape index (κ3) is 4.01. The maximum absolute atomic E-state index is 4.16. The molecule has 0 bridgehead atoms. The number of aromatic nitrogens is 2. The average molecular weight is 169 g/mol. The Labute approximate surface area is 74.8 Å². The maximum atomic E-state index is 4.16. The van der Waals surface area contributed by atoms with Crippen molar-refractivity contribution in [3.05, 3.63) is 12.3 Å². The van der Waals surface area contributed by atoms with Gasteiger partial charge in [0.1, 0.15) is 5.82 Å². The van der Waals surface area contributed by atoms with Gasteiger partial charge in [-0.1, -0.05) is 13.8 Å². The highest BCUT2D eigenvalue weighted by atomic mass is 15.3. The van der Waals surface area contributed by atoms with E-state index in [2.05, 4.69) is 24.3 Å². The molecule has 1 rings (SSSR count). The summed E-state index contributed by atoms with van der Waals surface area (Å²) in [5.74, 6) is 0.942. The third-order valence-corrected chi connectivity index (χ3v) is 1.15. The van der Waals surface area contributed by atoms with Crippen LogP contribution in [0.3, 0.4) is 0 Å². The molecule has 3 heteroatoms. The first-order chi connectivity index (χ1) is 5.68. The molecular formula is C9H19N3. The fourth-order valence-electron chi connectivity index (χ4n) is 0.788. The molecule has 0 aliphatic rings. The van der Waals surface area contributed by atoms with E-state index in [1.165, 1.54) is 0 Å². The second-order valence-corrected chi connectivity index (χ2v) is 2.67. The van der Waals surface area contributed by atoms with Crippen molar-refractivity contribution in [3.8, 4) is 0 Å². The minimum absolute atomic E-state index is 0.454. The van der Waals surface area contributed by atoms with Crippen molar-refractivity contribution in [3.63, 3.8) is 0 Å². The molecule has 0 aromatic carbocycles. The van der Waals surface area contributed by atoms with Crippen LogP contribution in [0, 0.1) is 0 Å². The fraction of sp³-hybridized carbons (Fsp3) is 0.667. The van der Waals surface area contributed by atoms with E-state index in [4.69, 9.17) is 0 Å². The average Bonchev–Trinajstić information content (AvgIpc) is 2.39. The summed E-state index contributed by atoms with van der Waals surface area (Å²) in [6.45, 7) is 8.18. The van der Waals surface area contributed by atoms with E-state index in [0.29, 0.717) is 6.04 Å². The van der Waals surface area contributed by atoms with E-state index in [1.54, 1.807) is 4.68 Å². The van der Waals surface area contributed by atoms with Gasteiger partial charge in [-0.25, -0.2) is 0 Å². The first-order valence-electron chi connectivity index (χ1n) is 4.44. The Morgan fingerprint density at radius 2 is 2.00 bits per heavy atom. The van der Waals surface area contributed by atoms with Gasteiger partial charge in [0, 0.05) is 25.4 Å². The molecule has 0 atom stereocenters. The smallest absolute Gasteiger partial charge is 0.148 e. The lowest BCUT2D eigenvalue weighted by atomic mass is 10.4. The molecule has 0 spiro atoms. The predicted molar refractivity (Wildman–Crippen MR) is 53.3 cm³/mol. The maximum Gasteiger partial charge on any atom is 0.148 e. The zero-order valence-electron chi connectivity index (χ0n) is 8.63. The van der Waals surface area contributed by atoms with Gasteiger partial charge in [0.15, 0.2) is 0 Å². The molecule has 0 saturated heterocycles. The Morgan fingerprint density at radius 3 is 2.33 bits per heavy atom. The lowest BCUT2D eigenvalue weighted by Gasteiger charge is -2.04. The van der Waals surface area contributed by atoms with Gasteiger partial charge in [-0.05, 0) is 13.8 Å². The largest absolute Gasteiger partial charge is 0.366 e. The number of nitrogens with zero attached hydrogens (tertiary/aromatic N) is 2. The van der Waals surface area contributed by atoms with Crippen LogP contribution in [-0.4, -0.2) is 15.8 Å². The zero-order valence-corrected chi connectivity index (χ0v) is 8.63. The van der Waals surface area contributed by atoms with Gasteiger partial charge in [0.2, 0.25) is 0 Å². The Hall–Kier alpha value is -0.990. The molecule has 0 aliphatic carbocycles. The number of rotatable bonds is 2. The van der Waals surface area contributed by atoms with Crippen molar-refractivity contribution in [2.24, 2.45) is 7.05 Å². The van der Waals surface area contributed by atoms with E-state index >= 15 is 0 Å². The number of anilines is 1. The number of nitrogens with one attached hydrogen (secondary N) is 1. The normalized spacial score (nSPS) is 9.17. The lowest BCUT2D eigenvalue weighted by Crippen LogP contribution is -2.10. The Balaban J connectivity index is 0.000000561. The minimum Gasteiger partial charge on any atom is -0.366 e. The Morgan fingerprint density at radius 1 is 1.42 bits per heavy atom. The molecule has 0 amide bonds. The Bertz CT molecular complexity index is 203. The molecule has 0 unspecified atom stereocenters. The van der Waals surface area contributed by atoms with Gasteiger partial charge in [0.25, 0.3) is 0 Å². The van der Waals surface area contributed by atoms with Gasteiger partial charge < -0.3 is 5.32 Å². The highest BCUT2D eigenvalue weighted by Crippen LogP contribution is 2.01. The standard InChI is InChI=1S/C7H13N3.C2H6/c1-6(2)8-7-4-5-10(3)9-7;1-2/h4-6H,1-3H3,(H,8,9);1-2H3. The lowest BCUT2D eigenvalue weighted by molar-refractivity contribution is 0.761. The number of aryl methyl sites for hydroxylation is 1. The van der Waals surface area contributed by atoms with Gasteiger partial charge in [-0.2, -0.15) is 5.10 Å². The summed E-state index contributed by atoms with van der Waals surface area (Å²) in [5, 5.41) is 7.35. The van der Waals surface area contributed by atoms with Crippen molar-refractivity contribution in [1.82, 2.24) is 9.78 Å². The van der Waals surface area contributed by atoms with Crippen molar-refractivity contribution in [1.29, 1.82) is 0 Å². The quantitative estimate of drug-likeness (QED) is 0.736. The summed E-state index contributed by atoms with van der Waals surface area (Å²) in [7, 11) is 1.91. The van der Waals surface area contributed by atoms with Gasteiger partial charge in [0.05, 0.1) is 0 Å². The zero-order chi connectivity index (χ0) is 9.56. The highest BCUT2D eigenvalue weighted by molar-refractivity contribution is 5.32. The molecule has 12 heavy (non-hydrogen) atoms. The highest BCUT2D eigenvalue weighted by Gasteiger charge is 1.95. The van der Waals surface area contributed by atoms with Gasteiger partial charge in [-0.3, -0.25) is 4.68 Å². The van der Waals surface area contributed by atoms with Crippen LogP contribution in [-0.2, 0) is 7.05 Å². The monoisotopic (exact) mass is 169 g/mol. The summed E-state index contributed by atoms with van der Waals surface area (Å²) in [5.41, 5.74) is 0.